The number of hydrogen-bond donors (Lipinski definition) is 3. The number of guanidine groups is 1. The van der Waals surface area contributed by atoms with Gasteiger partial charge in [-0.05, 0) is 49.4 Å². The zero-order chi connectivity index (χ0) is 16.5. The number of rotatable bonds is 4. The molecule has 0 spiro atoms. The van der Waals surface area contributed by atoms with Crippen LogP contribution >= 0.6 is 24.0 Å². The highest BCUT2D eigenvalue weighted by Crippen LogP contribution is 2.34. The monoisotopic (exact) mass is 458 g/mol. The molecule has 2 saturated heterocycles. The van der Waals surface area contributed by atoms with Gasteiger partial charge in [-0.3, -0.25) is 4.99 Å². The lowest BCUT2D eigenvalue weighted by molar-refractivity contribution is 0.0992. The molecule has 0 saturated carbocycles. The summed E-state index contributed by atoms with van der Waals surface area (Å²) in [6.45, 7) is 0.741. The molecule has 7 heteroatoms. The third kappa shape index (κ3) is 3.92. The Morgan fingerprint density at radius 3 is 3.00 bits per heavy atom. The van der Waals surface area contributed by atoms with E-state index in [0.29, 0.717) is 18.2 Å². The Bertz CT molecular complexity index is 763. The number of hydrogen-bond acceptors (Lipinski definition) is 2. The Balaban J connectivity index is 0.00000182. The van der Waals surface area contributed by atoms with Crippen LogP contribution in [0.4, 0.5) is 4.39 Å². The first-order chi connectivity index (χ1) is 11.7. The number of aliphatic imine (C=N–C) groups is 1. The Kier molecular flexibility index (Phi) is 5.83. The van der Waals surface area contributed by atoms with E-state index in [1.807, 2.05) is 6.20 Å². The number of nitrogens with one attached hydrogen (secondary N) is 3. The third-order valence-electron chi connectivity index (χ3n) is 5.07. The van der Waals surface area contributed by atoms with Gasteiger partial charge in [0.15, 0.2) is 5.96 Å². The summed E-state index contributed by atoms with van der Waals surface area (Å²) in [5.41, 5.74) is 2.07. The minimum Gasteiger partial charge on any atom is -0.373 e. The summed E-state index contributed by atoms with van der Waals surface area (Å²) >= 11 is 0. The lowest BCUT2D eigenvalue weighted by atomic mass is 9.96. The molecule has 2 aliphatic rings. The van der Waals surface area contributed by atoms with Gasteiger partial charge >= 0.3 is 0 Å². The topological polar surface area (TPSA) is 61.4 Å². The van der Waals surface area contributed by atoms with E-state index in [1.165, 1.54) is 12.5 Å². The number of nitrogens with zero attached hydrogens (tertiary/aromatic N) is 1. The van der Waals surface area contributed by atoms with Gasteiger partial charge in [0.05, 0.1) is 18.2 Å². The van der Waals surface area contributed by atoms with Crippen LogP contribution in [0.2, 0.25) is 0 Å². The van der Waals surface area contributed by atoms with E-state index in [9.17, 15) is 4.39 Å². The summed E-state index contributed by atoms with van der Waals surface area (Å²) < 4.78 is 19.3. The minimum atomic E-state index is -0.204. The second-order valence-electron chi connectivity index (χ2n) is 6.61. The molecule has 2 bridgehead atoms. The van der Waals surface area contributed by atoms with Crippen molar-refractivity contribution >= 4 is 40.8 Å². The standard InChI is InChI=1S/C18H23FN4O.HI/c1-20-18(23-16-9-13-3-5-17(16)24-13)21-7-6-11-10-22-15-4-2-12(19)8-14(11)15;/h2,4,8,10,13,16-17,22H,3,5-7,9H2,1H3,(H2,20,21,23);1H. The molecule has 1 aromatic heterocycles. The highest BCUT2D eigenvalue weighted by Gasteiger charge is 2.41. The lowest BCUT2D eigenvalue weighted by Crippen LogP contribution is -2.47. The molecular weight excluding hydrogens is 434 g/mol. The summed E-state index contributed by atoms with van der Waals surface area (Å²) in [5.74, 6) is 0.604. The predicted octanol–water partition coefficient (Wildman–Crippen LogP) is 2.95. The van der Waals surface area contributed by atoms with Crippen molar-refractivity contribution < 1.29 is 9.13 Å². The maximum atomic E-state index is 13.4. The number of halogens is 2. The van der Waals surface area contributed by atoms with Crippen molar-refractivity contribution in [1.29, 1.82) is 0 Å². The average molecular weight is 458 g/mol. The highest BCUT2D eigenvalue weighted by atomic mass is 127. The van der Waals surface area contributed by atoms with Crippen molar-refractivity contribution in [3.05, 3.63) is 35.8 Å². The van der Waals surface area contributed by atoms with Crippen LogP contribution in [-0.4, -0.2) is 42.8 Å². The van der Waals surface area contributed by atoms with Gasteiger partial charge < -0.3 is 20.4 Å². The second-order valence-corrected chi connectivity index (χ2v) is 6.61. The van der Waals surface area contributed by atoms with Crippen LogP contribution in [0.1, 0.15) is 24.8 Å². The molecule has 3 N–H and O–H groups in total. The summed E-state index contributed by atoms with van der Waals surface area (Å²) in [7, 11) is 1.78. The van der Waals surface area contributed by atoms with Crippen molar-refractivity contribution in [1.82, 2.24) is 15.6 Å². The van der Waals surface area contributed by atoms with Gasteiger partial charge in [0.25, 0.3) is 0 Å². The molecule has 2 aromatic rings. The molecule has 1 aromatic carbocycles. The van der Waals surface area contributed by atoms with Crippen LogP contribution in [0.5, 0.6) is 0 Å². The highest BCUT2D eigenvalue weighted by molar-refractivity contribution is 14.0. The zero-order valence-electron chi connectivity index (χ0n) is 14.2. The van der Waals surface area contributed by atoms with Gasteiger partial charge in [0, 0.05) is 30.7 Å². The molecule has 3 heterocycles. The molecule has 3 atom stereocenters. The van der Waals surface area contributed by atoms with Crippen LogP contribution in [0, 0.1) is 5.82 Å². The van der Waals surface area contributed by atoms with E-state index in [0.717, 1.165) is 48.2 Å². The Morgan fingerprint density at radius 2 is 2.28 bits per heavy atom. The molecule has 0 aliphatic carbocycles. The average Bonchev–Trinajstić information content (AvgIpc) is 3.29. The van der Waals surface area contributed by atoms with Crippen LogP contribution in [0.3, 0.4) is 0 Å². The van der Waals surface area contributed by atoms with Gasteiger partial charge in [-0.15, -0.1) is 24.0 Å². The van der Waals surface area contributed by atoms with E-state index in [-0.39, 0.29) is 29.8 Å². The fourth-order valence-corrected chi connectivity index (χ4v) is 3.83. The normalized spacial score (nSPS) is 25.2. The molecule has 136 valence electrons. The molecule has 25 heavy (non-hydrogen) atoms. The quantitative estimate of drug-likeness (QED) is 0.375. The van der Waals surface area contributed by atoms with Crippen molar-refractivity contribution in [2.45, 2.75) is 43.9 Å². The lowest BCUT2D eigenvalue weighted by Gasteiger charge is -2.22. The molecule has 3 unspecified atom stereocenters. The van der Waals surface area contributed by atoms with Crippen LogP contribution in [0.25, 0.3) is 10.9 Å². The first-order valence-electron chi connectivity index (χ1n) is 8.61. The number of ether oxygens (including phenoxy) is 1. The van der Waals surface area contributed by atoms with Crippen molar-refractivity contribution in [2.24, 2.45) is 4.99 Å². The van der Waals surface area contributed by atoms with Crippen molar-refractivity contribution in [2.75, 3.05) is 13.6 Å². The Morgan fingerprint density at radius 1 is 1.40 bits per heavy atom. The minimum absolute atomic E-state index is 0. The molecule has 5 nitrogen and oxygen atoms in total. The largest absolute Gasteiger partial charge is 0.373 e. The molecule has 2 fully saturated rings. The van der Waals surface area contributed by atoms with Gasteiger partial charge in [-0.1, -0.05) is 0 Å². The van der Waals surface area contributed by atoms with Crippen molar-refractivity contribution in [3.8, 4) is 0 Å². The van der Waals surface area contributed by atoms with Gasteiger partial charge in [0.1, 0.15) is 5.82 Å². The summed E-state index contributed by atoms with van der Waals surface area (Å²) in [6.07, 6.45) is 6.89. The molecule has 2 aliphatic heterocycles. The fraction of sp³-hybridized carbons (Fsp3) is 0.500. The number of aromatic nitrogens is 1. The smallest absolute Gasteiger partial charge is 0.191 e. The van der Waals surface area contributed by atoms with Crippen LogP contribution in [-0.2, 0) is 11.2 Å². The van der Waals surface area contributed by atoms with Crippen molar-refractivity contribution in [3.63, 3.8) is 0 Å². The molecule has 4 rings (SSSR count). The third-order valence-corrected chi connectivity index (χ3v) is 5.07. The van der Waals surface area contributed by atoms with Crippen LogP contribution < -0.4 is 10.6 Å². The van der Waals surface area contributed by atoms with Gasteiger partial charge in [-0.2, -0.15) is 0 Å². The Labute approximate surface area is 163 Å². The van der Waals surface area contributed by atoms with Crippen LogP contribution in [0.15, 0.2) is 29.4 Å². The first-order valence-corrected chi connectivity index (χ1v) is 8.61. The van der Waals surface area contributed by atoms with Gasteiger partial charge in [-0.25, -0.2) is 4.39 Å². The van der Waals surface area contributed by atoms with E-state index < -0.39 is 0 Å². The second kappa shape index (κ2) is 7.90. The summed E-state index contributed by atoms with van der Waals surface area (Å²) in [4.78, 5) is 7.49. The summed E-state index contributed by atoms with van der Waals surface area (Å²) in [5, 5.41) is 7.76. The Hall–Kier alpha value is -1.35. The molecule has 0 amide bonds. The van der Waals surface area contributed by atoms with Gasteiger partial charge in [0.2, 0.25) is 0 Å². The maximum absolute atomic E-state index is 13.4. The molecular formula is C18H24FIN4O. The number of benzene rings is 1. The zero-order valence-corrected chi connectivity index (χ0v) is 16.5. The maximum Gasteiger partial charge on any atom is 0.191 e. The number of fused-ring (bicyclic) bond motifs is 3. The number of H-pyrrole nitrogens is 1. The first kappa shape index (κ1) is 18.4. The SMILES string of the molecule is CN=C(NCCc1c[nH]c2ccc(F)cc12)NC1CC2CCC1O2.I. The summed E-state index contributed by atoms with van der Waals surface area (Å²) in [6, 6.07) is 5.19. The fourth-order valence-electron chi connectivity index (χ4n) is 3.83. The molecule has 0 radical (unpaired) electrons. The van der Waals surface area contributed by atoms with E-state index in [1.54, 1.807) is 19.2 Å². The van der Waals surface area contributed by atoms with E-state index in [2.05, 4.69) is 20.6 Å². The van der Waals surface area contributed by atoms with E-state index in [4.69, 9.17) is 4.74 Å². The van der Waals surface area contributed by atoms with E-state index >= 15 is 0 Å². The predicted molar refractivity (Wildman–Crippen MR) is 108 cm³/mol. The number of aromatic amines is 1.